The zero-order valence-electron chi connectivity index (χ0n) is 39.3. The number of aliphatic hydroxyl groups is 3. The van der Waals surface area contributed by atoms with Crippen LogP contribution in [0.25, 0.3) is 0 Å². The summed E-state index contributed by atoms with van der Waals surface area (Å²) in [6.45, 7) is 10.6. The summed E-state index contributed by atoms with van der Waals surface area (Å²) in [5, 5.41) is 34.1. The second-order valence-electron chi connectivity index (χ2n) is 20.7. The highest BCUT2D eigenvalue weighted by Crippen LogP contribution is 2.48. The van der Waals surface area contributed by atoms with Crippen molar-refractivity contribution >= 4 is 23.5 Å². The third kappa shape index (κ3) is 11.0. The highest BCUT2D eigenvalue weighted by atomic mass is 32.2. The minimum atomic E-state index is -1.74. The Balaban J connectivity index is 0.903. The van der Waals surface area contributed by atoms with E-state index in [1.807, 2.05) is 43.3 Å². The van der Waals surface area contributed by atoms with Crippen LogP contribution in [-0.2, 0) is 47.5 Å². The van der Waals surface area contributed by atoms with Crippen molar-refractivity contribution < 1.29 is 62.8 Å². The molecule has 7 aliphatic heterocycles. The standard InChI is InChI=1S/C51H74O13S/c1-31-26-41(62-51(28-31)42(53)17-16-36(61-51)29-48(5,56)47(55)57-6)32(2)14-15-35-19-23-50(60-35)24-20-40-46(64-50)43(54)38(30-65-37-12-8-7-9-13-37)45(59-40)39(52)27-34(4)44-33(3)18-22-49(63-44)21-10-11-25-58-49/h7-9,12-15,28,32-36,38-42,44-46,52-53,56H,10-11,16-27,29-30H2,1-6H3/t32-,33-,34+,35+,36+,38-,39+,40-,41+,42-,44+,45+,46-,48-,49+,50-,51-/m1/s1. The van der Waals surface area contributed by atoms with Crippen LogP contribution in [0.15, 0.2) is 59.0 Å². The Kier molecular flexibility index (Phi) is 15.4. The molecule has 0 bridgehead atoms. The summed E-state index contributed by atoms with van der Waals surface area (Å²) in [5.74, 6) is -3.50. The number of esters is 1. The molecule has 3 N–H and O–H groups in total. The number of Topliss-reactive ketones (excluding diaryl/α,β-unsaturated/α-hetero) is 1. The number of aliphatic hydroxyl groups excluding tert-OH is 2. The van der Waals surface area contributed by atoms with Crippen molar-refractivity contribution in [1.82, 2.24) is 0 Å². The molecule has 1 aromatic rings. The van der Waals surface area contributed by atoms with Crippen molar-refractivity contribution in [3.63, 3.8) is 0 Å². The number of carbonyl (C=O) groups is 2. The van der Waals surface area contributed by atoms with E-state index in [-0.39, 0.29) is 42.4 Å². The quantitative estimate of drug-likeness (QED) is 0.102. The van der Waals surface area contributed by atoms with Gasteiger partial charge in [0, 0.05) is 48.7 Å². The molecule has 0 aromatic heterocycles. The molecular weight excluding hydrogens is 853 g/mol. The summed E-state index contributed by atoms with van der Waals surface area (Å²) >= 11 is 1.60. The third-order valence-corrected chi connectivity index (χ3v) is 16.5. The zero-order chi connectivity index (χ0) is 46.1. The number of ether oxygens (including phenoxy) is 8. The summed E-state index contributed by atoms with van der Waals surface area (Å²) in [6.07, 6.45) is 10.4. The molecule has 65 heavy (non-hydrogen) atoms. The molecule has 1 aromatic carbocycles. The maximum Gasteiger partial charge on any atom is 0.337 e. The lowest BCUT2D eigenvalue weighted by molar-refractivity contribution is -0.320. The molecule has 8 rings (SSSR count). The molecule has 0 amide bonds. The van der Waals surface area contributed by atoms with Gasteiger partial charge in [0.1, 0.15) is 12.2 Å². The summed E-state index contributed by atoms with van der Waals surface area (Å²) < 4.78 is 51.1. The number of hydrogen-bond acceptors (Lipinski definition) is 14. The van der Waals surface area contributed by atoms with Crippen molar-refractivity contribution in [2.24, 2.45) is 23.7 Å². The SMILES string of the molecule is COC(=O)[C@](C)(O)C[C@@H]1CC[C@@H](O)[C@]2(C=C(C)C[C@@H]([C@H](C)C=C[C@H]3CC[C@@]4(CC[C@H]5O[C@H]([C@@H](O)C[C@H](C)[C@H]6O[C@@]7(CCCCO7)CC[C@H]6C)[C@H](CSc6ccccc6)C(=O)[C@@H]5O4)O3)O2)O1. The molecular formula is C51H74O13S. The normalized spacial score (nSPS) is 41.2. The van der Waals surface area contributed by atoms with Crippen molar-refractivity contribution in [3.05, 3.63) is 54.1 Å². The molecule has 7 heterocycles. The van der Waals surface area contributed by atoms with E-state index < -0.39 is 71.5 Å². The number of ketones is 1. The van der Waals surface area contributed by atoms with E-state index in [1.165, 1.54) is 14.0 Å². The van der Waals surface area contributed by atoms with E-state index in [1.54, 1.807) is 11.8 Å². The molecule has 17 atom stereocenters. The minimum absolute atomic E-state index is 0.00832. The summed E-state index contributed by atoms with van der Waals surface area (Å²) in [5.41, 5.74) is -0.725. The number of rotatable bonds is 13. The van der Waals surface area contributed by atoms with Crippen LogP contribution in [0, 0.1) is 23.7 Å². The van der Waals surface area contributed by atoms with Crippen molar-refractivity contribution in [2.45, 2.75) is 207 Å². The topological polar surface area (TPSA) is 169 Å². The van der Waals surface area contributed by atoms with E-state index in [9.17, 15) is 24.9 Å². The van der Waals surface area contributed by atoms with Gasteiger partial charge in [0.15, 0.2) is 23.0 Å². The van der Waals surface area contributed by atoms with Crippen LogP contribution < -0.4 is 0 Å². The molecule has 13 nitrogen and oxygen atoms in total. The fourth-order valence-electron chi connectivity index (χ4n) is 11.6. The number of hydrogen-bond donors (Lipinski definition) is 3. The van der Waals surface area contributed by atoms with Crippen LogP contribution in [0.3, 0.4) is 0 Å². The zero-order valence-corrected chi connectivity index (χ0v) is 40.1. The molecule has 0 unspecified atom stereocenters. The average Bonchev–Trinajstić information content (AvgIpc) is 3.69. The van der Waals surface area contributed by atoms with Gasteiger partial charge in [-0.2, -0.15) is 0 Å². The van der Waals surface area contributed by atoms with Gasteiger partial charge < -0.3 is 53.2 Å². The first-order chi connectivity index (χ1) is 31.0. The predicted molar refractivity (Wildman–Crippen MR) is 243 cm³/mol. The van der Waals surface area contributed by atoms with Crippen LogP contribution in [0.5, 0.6) is 0 Å². The molecule has 0 saturated carbocycles. The Morgan fingerprint density at radius 3 is 2.49 bits per heavy atom. The highest BCUT2D eigenvalue weighted by Gasteiger charge is 2.56. The van der Waals surface area contributed by atoms with Gasteiger partial charge in [-0.05, 0) is 102 Å². The van der Waals surface area contributed by atoms with E-state index in [4.69, 9.17) is 37.9 Å². The second kappa shape index (κ2) is 20.4. The lowest BCUT2D eigenvalue weighted by Gasteiger charge is -2.49. The maximum atomic E-state index is 14.7. The van der Waals surface area contributed by atoms with Crippen molar-refractivity contribution in [3.8, 4) is 0 Å². The van der Waals surface area contributed by atoms with Gasteiger partial charge in [0.2, 0.25) is 5.79 Å². The average molecular weight is 927 g/mol. The van der Waals surface area contributed by atoms with Crippen LogP contribution in [-0.4, -0.2) is 124 Å². The Bertz CT molecular complexity index is 1850. The van der Waals surface area contributed by atoms with E-state index in [2.05, 4.69) is 32.9 Å². The second-order valence-corrected chi connectivity index (χ2v) is 21.8. The molecule has 7 aliphatic rings. The molecule has 362 valence electrons. The Hall–Kier alpha value is -2.21. The molecule has 0 radical (unpaired) electrons. The molecule has 6 fully saturated rings. The van der Waals surface area contributed by atoms with E-state index >= 15 is 0 Å². The van der Waals surface area contributed by atoms with Gasteiger partial charge in [-0.15, -0.1) is 11.8 Å². The smallest absolute Gasteiger partial charge is 0.337 e. The van der Waals surface area contributed by atoms with Crippen molar-refractivity contribution in [1.29, 1.82) is 0 Å². The predicted octanol–water partition coefficient (Wildman–Crippen LogP) is 7.36. The van der Waals surface area contributed by atoms with Crippen LogP contribution in [0.2, 0.25) is 0 Å². The highest BCUT2D eigenvalue weighted by molar-refractivity contribution is 7.99. The first-order valence-electron chi connectivity index (χ1n) is 24.5. The molecule has 3 spiro atoms. The van der Waals surface area contributed by atoms with E-state index in [0.29, 0.717) is 63.0 Å². The van der Waals surface area contributed by atoms with Gasteiger partial charge in [-0.3, -0.25) is 4.79 Å². The molecule has 14 heteroatoms. The monoisotopic (exact) mass is 926 g/mol. The Morgan fingerprint density at radius 1 is 0.969 bits per heavy atom. The van der Waals surface area contributed by atoms with Gasteiger partial charge in [-0.25, -0.2) is 4.79 Å². The summed E-state index contributed by atoms with van der Waals surface area (Å²) in [7, 11) is 1.24. The van der Waals surface area contributed by atoms with Gasteiger partial charge in [0.05, 0.1) is 62.4 Å². The fourth-order valence-corrected chi connectivity index (χ4v) is 12.7. The molecule has 0 aliphatic carbocycles. The van der Waals surface area contributed by atoms with Gasteiger partial charge in [0.25, 0.3) is 0 Å². The van der Waals surface area contributed by atoms with Gasteiger partial charge >= 0.3 is 5.97 Å². The van der Waals surface area contributed by atoms with Gasteiger partial charge in [-0.1, -0.05) is 56.7 Å². The lowest BCUT2D eigenvalue weighted by atomic mass is 9.78. The Labute approximate surface area is 389 Å². The lowest BCUT2D eigenvalue weighted by Crippen LogP contribution is -2.61. The first-order valence-corrected chi connectivity index (χ1v) is 25.4. The fraction of sp³-hybridized carbons (Fsp3) is 0.765. The largest absolute Gasteiger partial charge is 0.467 e. The minimum Gasteiger partial charge on any atom is -0.467 e. The maximum absolute atomic E-state index is 14.7. The number of thioether (sulfide) groups is 1. The molecule has 6 saturated heterocycles. The number of methoxy groups -OCH3 is 1. The van der Waals surface area contributed by atoms with Crippen LogP contribution >= 0.6 is 11.8 Å². The van der Waals surface area contributed by atoms with Crippen LogP contribution in [0.4, 0.5) is 0 Å². The van der Waals surface area contributed by atoms with Crippen LogP contribution in [0.1, 0.15) is 125 Å². The Morgan fingerprint density at radius 2 is 1.74 bits per heavy atom. The number of carbonyl (C=O) groups excluding carboxylic acids is 2. The third-order valence-electron chi connectivity index (χ3n) is 15.3. The number of fused-ring (bicyclic) bond motifs is 1. The van der Waals surface area contributed by atoms with Crippen molar-refractivity contribution in [2.75, 3.05) is 19.5 Å². The first kappa shape index (κ1) is 49.2. The summed E-state index contributed by atoms with van der Waals surface area (Å²) in [6, 6.07) is 10.0. The van der Waals surface area contributed by atoms with E-state index in [0.717, 1.165) is 49.2 Å². The summed E-state index contributed by atoms with van der Waals surface area (Å²) in [4.78, 5) is 28.0. The number of benzene rings is 1.